The number of nitrogens with zero attached hydrogens (tertiary/aromatic N) is 2. The third kappa shape index (κ3) is 4.78. The SMILES string of the molecule is Cc1ccc(-n2ncc(C(=O)NC3CCCCC3)c2N)cc1.O=C=O. The minimum atomic E-state index is -0.122. The minimum absolute atomic E-state index is 0.122. The summed E-state index contributed by atoms with van der Waals surface area (Å²) in [6.07, 6.45) is 7.54. The van der Waals surface area contributed by atoms with Crippen molar-refractivity contribution in [3.63, 3.8) is 0 Å². The van der Waals surface area contributed by atoms with E-state index in [0.29, 0.717) is 11.4 Å². The normalized spacial score (nSPS) is 14.1. The molecule has 0 atom stereocenters. The first-order chi connectivity index (χ1) is 12.1. The summed E-state index contributed by atoms with van der Waals surface area (Å²) >= 11 is 0. The number of nitrogens with two attached hydrogens (primary N) is 1. The van der Waals surface area contributed by atoms with E-state index in [4.69, 9.17) is 15.3 Å². The van der Waals surface area contributed by atoms with Crippen LogP contribution in [-0.2, 0) is 9.59 Å². The zero-order chi connectivity index (χ0) is 18.2. The highest BCUT2D eigenvalue weighted by Crippen LogP contribution is 2.20. The lowest BCUT2D eigenvalue weighted by Crippen LogP contribution is -2.36. The molecule has 132 valence electrons. The minimum Gasteiger partial charge on any atom is -0.383 e. The Morgan fingerprint density at radius 2 is 1.80 bits per heavy atom. The molecule has 7 nitrogen and oxygen atoms in total. The van der Waals surface area contributed by atoms with Crippen LogP contribution >= 0.6 is 0 Å². The van der Waals surface area contributed by atoms with Gasteiger partial charge in [-0.1, -0.05) is 37.0 Å². The van der Waals surface area contributed by atoms with E-state index in [-0.39, 0.29) is 18.1 Å². The molecular formula is C18H22N4O3. The number of hydrogen-bond donors (Lipinski definition) is 2. The van der Waals surface area contributed by atoms with Crippen LogP contribution in [0.3, 0.4) is 0 Å². The lowest BCUT2D eigenvalue weighted by molar-refractivity contribution is -0.191. The molecule has 0 spiro atoms. The largest absolute Gasteiger partial charge is 0.383 e. The van der Waals surface area contributed by atoms with Crippen LogP contribution in [0.1, 0.15) is 48.0 Å². The summed E-state index contributed by atoms with van der Waals surface area (Å²) in [5.74, 6) is 0.264. The van der Waals surface area contributed by atoms with Crippen LogP contribution in [0.25, 0.3) is 5.69 Å². The number of amides is 1. The molecule has 1 aromatic carbocycles. The van der Waals surface area contributed by atoms with Crippen LogP contribution in [0.5, 0.6) is 0 Å². The van der Waals surface area contributed by atoms with Crippen molar-refractivity contribution >= 4 is 17.9 Å². The highest BCUT2D eigenvalue weighted by molar-refractivity contribution is 5.98. The van der Waals surface area contributed by atoms with Crippen LogP contribution in [0.15, 0.2) is 30.5 Å². The lowest BCUT2D eigenvalue weighted by atomic mass is 9.95. The van der Waals surface area contributed by atoms with E-state index in [9.17, 15) is 4.79 Å². The summed E-state index contributed by atoms with van der Waals surface area (Å²) in [7, 11) is 0. The van der Waals surface area contributed by atoms with Gasteiger partial charge in [-0.2, -0.15) is 14.7 Å². The molecule has 3 rings (SSSR count). The molecule has 1 heterocycles. The first-order valence-corrected chi connectivity index (χ1v) is 8.27. The van der Waals surface area contributed by atoms with Gasteiger partial charge in [-0.25, -0.2) is 4.68 Å². The van der Waals surface area contributed by atoms with Crippen molar-refractivity contribution in [2.75, 3.05) is 5.73 Å². The molecule has 0 saturated heterocycles. The second-order valence-corrected chi connectivity index (χ2v) is 6.08. The fourth-order valence-corrected chi connectivity index (χ4v) is 2.93. The van der Waals surface area contributed by atoms with Gasteiger partial charge in [-0.15, -0.1) is 0 Å². The summed E-state index contributed by atoms with van der Waals surface area (Å²) < 4.78 is 1.61. The molecule has 1 aromatic heterocycles. The van der Waals surface area contributed by atoms with Crippen LogP contribution in [-0.4, -0.2) is 27.9 Å². The molecule has 1 aliphatic carbocycles. The van der Waals surface area contributed by atoms with Gasteiger partial charge < -0.3 is 11.1 Å². The Balaban J connectivity index is 0.000000701. The molecule has 1 aliphatic rings. The molecule has 1 saturated carbocycles. The summed E-state index contributed by atoms with van der Waals surface area (Å²) in [6.45, 7) is 2.03. The quantitative estimate of drug-likeness (QED) is 0.889. The van der Waals surface area contributed by atoms with E-state index < -0.39 is 0 Å². The molecule has 0 unspecified atom stereocenters. The molecule has 2 aromatic rings. The number of anilines is 1. The Kier molecular flexibility index (Phi) is 6.48. The number of hydrogen-bond acceptors (Lipinski definition) is 5. The summed E-state index contributed by atoms with van der Waals surface area (Å²) in [5, 5.41) is 7.34. The van der Waals surface area contributed by atoms with Crippen LogP contribution in [0, 0.1) is 6.92 Å². The van der Waals surface area contributed by atoms with Crippen molar-refractivity contribution in [3.8, 4) is 5.69 Å². The Labute approximate surface area is 146 Å². The molecule has 0 bridgehead atoms. The van der Waals surface area contributed by atoms with Crippen molar-refractivity contribution in [2.24, 2.45) is 0 Å². The van der Waals surface area contributed by atoms with Crippen molar-refractivity contribution < 1.29 is 14.4 Å². The molecule has 1 amide bonds. The second-order valence-electron chi connectivity index (χ2n) is 6.08. The van der Waals surface area contributed by atoms with E-state index in [1.165, 1.54) is 24.8 Å². The van der Waals surface area contributed by atoms with Crippen LogP contribution in [0.4, 0.5) is 5.82 Å². The first kappa shape index (κ1) is 18.4. The van der Waals surface area contributed by atoms with Gasteiger partial charge in [0.05, 0.1) is 11.9 Å². The van der Waals surface area contributed by atoms with Gasteiger partial charge in [0.15, 0.2) is 0 Å². The predicted molar refractivity (Wildman–Crippen MR) is 92.1 cm³/mol. The van der Waals surface area contributed by atoms with Crippen LogP contribution < -0.4 is 11.1 Å². The maximum absolute atomic E-state index is 12.4. The van der Waals surface area contributed by atoms with Crippen molar-refractivity contribution in [1.29, 1.82) is 0 Å². The number of benzene rings is 1. The standard InChI is InChI=1S/C17H22N4O.CO2/c1-12-7-9-14(10-8-12)21-16(18)15(11-19-21)17(22)20-13-5-3-2-4-6-13;2-1-3/h7-11,13H,2-6,18H2,1H3,(H,20,22);. The molecule has 1 fully saturated rings. The van der Waals surface area contributed by atoms with Gasteiger partial charge >= 0.3 is 6.15 Å². The Bertz CT molecular complexity index is 740. The lowest BCUT2D eigenvalue weighted by Gasteiger charge is -2.22. The molecule has 0 radical (unpaired) electrons. The predicted octanol–water partition coefficient (Wildman–Crippen LogP) is 2.24. The fraction of sp³-hybridized carbons (Fsp3) is 0.389. The Hall–Kier alpha value is -2.92. The van der Waals surface area contributed by atoms with Gasteiger partial charge in [0.1, 0.15) is 11.4 Å². The van der Waals surface area contributed by atoms with Gasteiger partial charge in [-0.3, -0.25) is 4.79 Å². The number of nitrogens with one attached hydrogen (secondary N) is 1. The number of aromatic nitrogens is 2. The molecule has 3 N–H and O–H groups in total. The summed E-state index contributed by atoms with van der Waals surface area (Å²) in [6, 6.07) is 8.16. The number of carbonyl (C=O) groups excluding carboxylic acids is 3. The number of rotatable bonds is 3. The smallest absolute Gasteiger partial charge is 0.373 e. The number of nitrogen functional groups attached to an aromatic ring is 1. The number of aryl methyl sites for hydroxylation is 1. The monoisotopic (exact) mass is 342 g/mol. The highest BCUT2D eigenvalue weighted by atomic mass is 16.2. The Morgan fingerprint density at radius 1 is 1.20 bits per heavy atom. The second kappa shape index (κ2) is 8.80. The average Bonchev–Trinajstić information content (AvgIpc) is 2.99. The van der Waals surface area contributed by atoms with Crippen molar-refractivity contribution in [1.82, 2.24) is 15.1 Å². The van der Waals surface area contributed by atoms with E-state index in [2.05, 4.69) is 10.4 Å². The average molecular weight is 342 g/mol. The van der Waals surface area contributed by atoms with Crippen molar-refractivity contribution in [3.05, 3.63) is 41.6 Å². The maximum Gasteiger partial charge on any atom is 0.373 e. The van der Waals surface area contributed by atoms with Gasteiger partial charge in [0.2, 0.25) is 0 Å². The van der Waals surface area contributed by atoms with Gasteiger partial charge in [-0.05, 0) is 31.9 Å². The van der Waals surface area contributed by atoms with Crippen molar-refractivity contribution in [2.45, 2.75) is 45.1 Å². The highest BCUT2D eigenvalue weighted by Gasteiger charge is 2.20. The van der Waals surface area contributed by atoms with Crippen LogP contribution in [0.2, 0.25) is 0 Å². The first-order valence-electron chi connectivity index (χ1n) is 8.27. The van der Waals surface area contributed by atoms with E-state index in [1.807, 2.05) is 31.2 Å². The zero-order valence-corrected chi connectivity index (χ0v) is 14.2. The van der Waals surface area contributed by atoms with E-state index in [1.54, 1.807) is 10.9 Å². The fourth-order valence-electron chi connectivity index (χ4n) is 2.93. The van der Waals surface area contributed by atoms with E-state index in [0.717, 1.165) is 18.5 Å². The summed E-state index contributed by atoms with van der Waals surface area (Å²) in [4.78, 5) is 28.6. The molecule has 0 aliphatic heterocycles. The molecular weight excluding hydrogens is 320 g/mol. The van der Waals surface area contributed by atoms with Gasteiger partial charge in [0.25, 0.3) is 5.91 Å². The molecule has 7 heteroatoms. The third-order valence-electron chi connectivity index (χ3n) is 4.27. The van der Waals surface area contributed by atoms with E-state index >= 15 is 0 Å². The topological polar surface area (TPSA) is 107 Å². The number of carbonyl (C=O) groups is 1. The maximum atomic E-state index is 12.4. The molecule has 25 heavy (non-hydrogen) atoms. The Morgan fingerprint density at radius 3 is 2.40 bits per heavy atom. The van der Waals surface area contributed by atoms with Gasteiger partial charge in [0, 0.05) is 6.04 Å². The zero-order valence-electron chi connectivity index (χ0n) is 14.2. The third-order valence-corrected chi connectivity index (χ3v) is 4.27. The summed E-state index contributed by atoms with van der Waals surface area (Å²) in [5.41, 5.74) is 8.60.